The van der Waals surface area contributed by atoms with Crippen LogP contribution in [0.2, 0.25) is 0 Å². The van der Waals surface area contributed by atoms with Crippen LogP contribution in [-0.4, -0.2) is 55.1 Å². The lowest BCUT2D eigenvalue weighted by molar-refractivity contribution is -0.120. The Hall–Kier alpha value is -1.65. The SMILES string of the molecule is CCNC(=NCC(=O)NC1CCCCC1)NC1CCN(c2ncccc2F)C1.I. The van der Waals surface area contributed by atoms with Crippen LogP contribution in [0.1, 0.15) is 45.4 Å². The van der Waals surface area contributed by atoms with E-state index in [-0.39, 0.29) is 48.3 Å². The number of hydrogen-bond acceptors (Lipinski definition) is 4. The van der Waals surface area contributed by atoms with E-state index in [1.807, 2.05) is 11.8 Å². The van der Waals surface area contributed by atoms with Gasteiger partial charge in [0.05, 0.1) is 0 Å². The quantitative estimate of drug-likeness (QED) is 0.306. The topological polar surface area (TPSA) is 81.6 Å². The van der Waals surface area contributed by atoms with E-state index in [2.05, 4.69) is 25.9 Å². The highest BCUT2D eigenvalue weighted by Crippen LogP contribution is 2.20. The van der Waals surface area contributed by atoms with Gasteiger partial charge >= 0.3 is 0 Å². The van der Waals surface area contributed by atoms with Gasteiger partial charge in [0.2, 0.25) is 5.91 Å². The Labute approximate surface area is 189 Å². The van der Waals surface area contributed by atoms with Gasteiger partial charge in [-0.3, -0.25) is 4.79 Å². The lowest BCUT2D eigenvalue weighted by atomic mass is 9.95. The summed E-state index contributed by atoms with van der Waals surface area (Å²) in [4.78, 5) is 22.7. The van der Waals surface area contributed by atoms with Gasteiger partial charge in [-0.15, -0.1) is 24.0 Å². The van der Waals surface area contributed by atoms with Crippen LogP contribution in [0, 0.1) is 5.82 Å². The first-order valence-corrected chi connectivity index (χ1v) is 10.4. The summed E-state index contributed by atoms with van der Waals surface area (Å²) < 4.78 is 13.9. The van der Waals surface area contributed by atoms with Crippen molar-refractivity contribution in [2.45, 2.75) is 57.5 Å². The summed E-state index contributed by atoms with van der Waals surface area (Å²) in [5.41, 5.74) is 0. The first kappa shape index (κ1) is 23.6. The summed E-state index contributed by atoms with van der Waals surface area (Å²) in [5, 5.41) is 9.63. The molecule has 0 spiro atoms. The normalized spacial score (nSPS) is 20.1. The molecule has 1 aliphatic carbocycles. The van der Waals surface area contributed by atoms with Crippen LogP contribution in [0.5, 0.6) is 0 Å². The summed E-state index contributed by atoms with van der Waals surface area (Å²) in [6.07, 6.45) is 8.23. The fourth-order valence-corrected chi connectivity index (χ4v) is 3.86. The van der Waals surface area contributed by atoms with Gasteiger partial charge in [-0.1, -0.05) is 19.3 Å². The zero-order valence-corrected chi connectivity index (χ0v) is 19.3. The molecule has 3 N–H and O–H groups in total. The monoisotopic (exact) mass is 518 g/mol. The maximum Gasteiger partial charge on any atom is 0.242 e. The molecule has 7 nitrogen and oxygen atoms in total. The molecular formula is C20H32FIN6O. The second-order valence-corrected chi connectivity index (χ2v) is 7.48. The molecule has 2 aliphatic rings. The van der Waals surface area contributed by atoms with E-state index in [4.69, 9.17) is 0 Å². The van der Waals surface area contributed by atoms with Crippen molar-refractivity contribution in [1.82, 2.24) is 20.9 Å². The fraction of sp³-hybridized carbons (Fsp3) is 0.650. The second-order valence-electron chi connectivity index (χ2n) is 7.48. The second kappa shape index (κ2) is 12.1. The fourth-order valence-electron chi connectivity index (χ4n) is 3.86. The van der Waals surface area contributed by atoms with Crippen LogP contribution >= 0.6 is 24.0 Å². The highest BCUT2D eigenvalue weighted by molar-refractivity contribution is 14.0. The molecule has 9 heteroatoms. The van der Waals surface area contributed by atoms with Crippen molar-refractivity contribution in [3.63, 3.8) is 0 Å². The standard InChI is InChI=1S/C20H31FN6O.HI/c1-2-22-20(24-13-18(28)25-15-7-4-3-5-8-15)26-16-10-12-27(14-16)19-17(21)9-6-11-23-19;/h6,9,11,15-16H,2-5,7-8,10,12-14H2,1H3,(H,25,28)(H2,22,24,26);1H. The van der Waals surface area contributed by atoms with Gasteiger partial charge in [0.1, 0.15) is 6.54 Å². The first-order valence-electron chi connectivity index (χ1n) is 10.4. The number of aromatic nitrogens is 1. The van der Waals surface area contributed by atoms with Crippen LogP contribution in [0.25, 0.3) is 0 Å². The van der Waals surface area contributed by atoms with E-state index in [0.29, 0.717) is 30.9 Å². The lowest BCUT2D eigenvalue weighted by Gasteiger charge is -2.22. The Morgan fingerprint density at radius 2 is 2.03 bits per heavy atom. The van der Waals surface area contributed by atoms with Gasteiger partial charge in [0.15, 0.2) is 17.6 Å². The smallest absolute Gasteiger partial charge is 0.242 e. The highest BCUT2D eigenvalue weighted by atomic mass is 127. The van der Waals surface area contributed by atoms with Gasteiger partial charge in [0.25, 0.3) is 0 Å². The summed E-state index contributed by atoms with van der Waals surface area (Å²) >= 11 is 0. The number of rotatable bonds is 6. The van der Waals surface area contributed by atoms with Crippen LogP contribution in [-0.2, 0) is 4.79 Å². The molecule has 29 heavy (non-hydrogen) atoms. The van der Waals surface area contributed by atoms with Gasteiger partial charge in [-0.05, 0) is 38.3 Å². The molecule has 1 amide bonds. The predicted molar refractivity (Wildman–Crippen MR) is 124 cm³/mol. The number of anilines is 1. The molecule has 1 atom stereocenters. The van der Waals surface area contributed by atoms with Crippen LogP contribution < -0.4 is 20.9 Å². The molecule has 1 aromatic heterocycles. The average Bonchev–Trinajstić information content (AvgIpc) is 3.16. The molecule has 1 aromatic rings. The molecule has 1 saturated heterocycles. The van der Waals surface area contributed by atoms with E-state index in [1.165, 1.54) is 25.3 Å². The number of aliphatic imine (C=N–C) groups is 1. The Kier molecular flexibility index (Phi) is 9.89. The van der Waals surface area contributed by atoms with Crippen molar-refractivity contribution in [2.24, 2.45) is 4.99 Å². The molecule has 1 saturated carbocycles. The number of carbonyl (C=O) groups excluding carboxylic acids is 1. The number of nitrogens with zero attached hydrogens (tertiary/aromatic N) is 3. The molecule has 2 fully saturated rings. The zero-order valence-electron chi connectivity index (χ0n) is 17.0. The van der Waals surface area contributed by atoms with Gasteiger partial charge in [-0.2, -0.15) is 0 Å². The number of pyridine rings is 1. The van der Waals surface area contributed by atoms with Gasteiger partial charge in [-0.25, -0.2) is 14.4 Å². The lowest BCUT2D eigenvalue weighted by Crippen LogP contribution is -2.45. The van der Waals surface area contributed by atoms with Crippen molar-refractivity contribution in [1.29, 1.82) is 0 Å². The number of nitrogens with one attached hydrogen (secondary N) is 3. The minimum atomic E-state index is -0.303. The summed E-state index contributed by atoms with van der Waals surface area (Å²) in [5.74, 6) is 0.672. The van der Waals surface area contributed by atoms with E-state index in [9.17, 15) is 9.18 Å². The highest BCUT2D eigenvalue weighted by Gasteiger charge is 2.26. The number of halogens is 2. The van der Waals surface area contributed by atoms with Crippen molar-refractivity contribution < 1.29 is 9.18 Å². The maximum absolute atomic E-state index is 13.9. The van der Waals surface area contributed by atoms with E-state index >= 15 is 0 Å². The summed E-state index contributed by atoms with van der Waals surface area (Å²) in [7, 11) is 0. The predicted octanol–water partition coefficient (Wildman–Crippen LogP) is 2.42. The third-order valence-corrected chi connectivity index (χ3v) is 5.26. The minimum absolute atomic E-state index is 0. The molecule has 1 unspecified atom stereocenters. The van der Waals surface area contributed by atoms with Gasteiger partial charge < -0.3 is 20.9 Å². The third-order valence-electron chi connectivity index (χ3n) is 5.26. The molecule has 3 rings (SSSR count). The number of guanidine groups is 1. The average molecular weight is 518 g/mol. The number of carbonyl (C=O) groups is 1. The molecule has 2 heterocycles. The van der Waals surface area contributed by atoms with Gasteiger partial charge in [0, 0.05) is 37.9 Å². The number of hydrogen-bond donors (Lipinski definition) is 3. The Balaban J connectivity index is 0.00000300. The first-order chi connectivity index (χ1) is 13.7. The molecular weight excluding hydrogens is 486 g/mol. The van der Waals surface area contributed by atoms with Crippen LogP contribution in [0.3, 0.4) is 0 Å². The van der Waals surface area contributed by atoms with Crippen LogP contribution in [0.15, 0.2) is 23.3 Å². The van der Waals surface area contributed by atoms with Crippen molar-refractivity contribution >= 4 is 41.7 Å². The molecule has 162 valence electrons. The summed E-state index contributed by atoms with van der Waals surface area (Å²) in [6, 6.07) is 3.45. The Bertz CT molecular complexity index is 683. The third kappa shape index (κ3) is 7.27. The largest absolute Gasteiger partial charge is 0.357 e. The summed E-state index contributed by atoms with van der Waals surface area (Å²) in [6.45, 7) is 4.18. The Morgan fingerprint density at radius 3 is 2.76 bits per heavy atom. The van der Waals surface area contributed by atoms with E-state index < -0.39 is 0 Å². The molecule has 0 aromatic carbocycles. The zero-order chi connectivity index (χ0) is 19.8. The maximum atomic E-state index is 13.9. The van der Waals surface area contributed by atoms with E-state index in [0.717, 1.165) is 25.8 Å². The number of amides is 1. The Morgan fingerprint density at radius 1 is 1.24 bits per heavy atom. The van der Waals surface area contributed by atoms with Crippen LogP contribution in [0.4, 0.5) is 10.2 Å². The molecule has 0 radical (unpaired) electrons. The molecule has 0 bridgehead atoms. The van der Waals surface area contributed by atoms with Crippen molar-refractivity contribution in [3.8, 4) is 0 Å². The van der Waals surface area contributed by atoms with E-state index in [1.54, 1.807) is 12.3 Å². The van der Waals surface area contributed by atoms with Crippen molar-refractivity contribution in [2.75, 3.05) is 31.1 Å². The minimum Gasteiger partial charge on any atom is -0.357 e. The molecule has 1 aliphatic heterocycles. The van der Waals surface area contributed by atoms with Crippen molar-refractivity contribution in [3.05, 3.63) is 24.1 Å².